The van der Waals surface area contributed by atoms with Crippen molar-refractivity contribution in [3.05, 3.63) is 59.4 Å². The van der Waals surface area contributed by atoms with E-state index >= 15 is 0 Å². The van der Waals surface area contributed by atoms with Crippen molar-refractivity contribution in [1.29, 1.82) is 0 Å². The van der Waals surface area contributed by atoms with Crippen LogP contribution >= 0.6 is 0 Å². The van der Waals surface area contributed by atoms with Crippen LogP contribution in [0.25, 0.3) is 22.8 Å². The Morgan fingerprint density at radius 2 is 1.93 bits per heavy atom. The molecular formula is C29H24F3N7O3. The summed E-state index contributed by atoms with van der Waals surface area (Å²) in [6.07, 6.45) is 5.49. The van der Waals surface area contributed by atoms with E-state index in [9.17, 15) is 18.0 Å². The molecule has 1 fully saturated rings. The van der Waals surface area contributed by atoms with Gasteiger partial charge in [0.25, 0.3) is 0 Å². The van der Waals surface area contributed by atoms with Crippen LogP contribution in [0.15, 0.2) is 36.8 Å². The number of hydrogen-bond acceptors (Lipinski definition) is 9. The number of benzene rings is 1. The maximum Gasteiger partial charge on any atom is 0.434 e. The Balaban J connectivity index is 1.37. The molecule has 0 saturated heterocycles. The van der Waals surface area contributed by atoms with Gasteiger partial charge in [-0.25, -0.2) is 24.9 Å². The summed E-state index contributed by atoms with van der Waals surface area (Å²) >= 11 is 0. The molecule has 0 bridgehead atoms. The lowest BCUT2D eigenvalue weighted by Gasteiger charge is -2.24. The van der Waals surface area contributed by atoms with Gasteiger partial charge in [0, 0.05) is 31.3 Å². The highest BCUT2D eigenvalue weighted by atomic mass is 19.4. The van der Waals surface area contributed by atoms with Gasteiger partial charge in [-0.1, -0.05) is 30.2 Å². The number of nitrogens with zero attached hydrogens (tertiary/aromatic N) is 7. The Hall–Kier alpha value is -4.99. The normalized spacial score (nSPS) is 14.3. The van der Waals surface area contributed by atoms with Gasteiger partial charge in [0.05, 0.1) is 19.3 Å². The highest BCUT2D eigenvalue weighted by Gasteiger charge is 2.36. The summed E-state index contributed by atoms with van der Waals surface area (Å²) in [4.78, 5) is 36.4. The van der Waals surface area contributed by atoms with Crippen molar-refractivity contribution >= 4 is 11.6 Å². The number of fused-ring (bicyclic) bond motifs is 1. The van der Waals surface area contributed by atoms with Gasteiger partial charge in [0.15, 0.2) is 35.4 Å². The average Bonchev–Trinajstić information content (AvgIpc) is 3.65. The number of alkyl halides is 3. The highest BCUT2D eigenvalue weighted by molar-refractivity contribution is 6.02. The van der Waals surface area contributed by atoms with E-state index in [1.165, 1.54) is 25.1 Å². The minimum absolute atomic E-state index is 0.119. The smallest absolute Gasteiger partial charge is 0.434 e. The monoisotopic (exact) mass is 575 g/mol. The van der Waals surface area contributed by atoms with Crippen molar-refractivity contribution in [3.8, 4) is 46.7 Å². The number of ketones is 1. The minimum atomic E-state index is -4.54. The molecule has 0 amide bonds. The first-order valence-electron chi connectivity index (χ1n) is 13.0. The quantitative estimate of drug-likeness (QED) is 0.282. The van der Waals surface area contributed by atoms with Crippen molar-refractivity contribution in [2.45, 2.75) is 31.5 Å². The molecule has 13 heteroatoms. The predicted molar refractivity (Wildman–Crippen MR) is 145 cm³/mol. The van der Waals surface area contributed by atoms with Crippen molar-refractivity contribution in [3.63, 3.8) is 0 Å². The fraction of sp³-hybridized carbons (Fsp3) is 0.310. The number of terminal acetylenes is 1. The average molecular weight is 576 g/mol. The third-order valence-electron chi connectivity index (χ3n) is 7.02. The summed E-state index contributed by atoms with van der Waals surface area (Å²) in [5.74, 6) is 3.82. The Morgan fingerprint density at radius 1 is 1.17 bits per heavy atom. The van der Waals surface area contributed by atoms with Crippen molar-refractivity contribution in [2.24, 2.45) is 7.05 Å². The fourth-order valence-corrected chi connectivity index (χ4v) is 4.87. The summed E-state index contributed by atoms with van der Waals surface area (Å²) in [6, 6.07) is 6.93. The molecule has 4 aromatic rings. The number of aryl methyl sites for hydroxylation is 1. The van der Waals surface area contributed by atoms with E-state index in [2.05, 4.69) is 25.9 Å². The van der Waals surface area contributed by atoms with Crippen LogP contribution in [-0.4, -0.2) is 55.5 Å². The predicted octanol–water partition coefficient (Wildman–Crippen LogP) is 4.45. The van der Waals surface area contributed by atoms with Gasteiger partial charge >= 0.3 is 6.18 Å². The van der Waals surface area contributed by atoms with Gasteiger partial charge in [-0.15, -0.1) is 6.42 Å². The maximum atomic E-state index is 13.1. The van der Waals surface area contributed by atoms with E-state index in [1.54, 1.807) is 29.2 Å². The molecule has 1 aliphatic carbocycles. The van der Waals surface area contributed by atoms with Gasteiger partial charge in [0.1, 0.15) is 17.7 Å². The molecule has 0 spiro atoms. The third kappa shape index (κ3) is 5.00. The van der Waals surface area contributed by atoms with Gasteiger partial charge < -0.3 is 18.9 Å². The van der Waals surface area contributed by atoms with Crippen LogP contribution in [0.4, 0.5) is 19.0 Å². The molecule has 4 heterocycles. The second-order valence-electron chi connectivity index (χ2n) is 9.99. The molecule has 0 N–H and O–H groups in total. The lowest BCUT2D eigenvalue weighted by molar-refractivity contribution is -0.140. The van der Waals surface area contributed by atoms with Crippen LogP contribution in [0.3, 0.4) is 0 Å². The zero-order valence-electron chi connectivity index (χ0n) is 22.6. The zero-order valence-corrected chi connectivity index (χ0v) is 22.6. The lowest BCUT2D eigenvalue weighted by atomic mass is 10.1. The molecule has 10 nitrogen and oxygen atoms in total. The number of carbonyl (C=O) groups excluding carboxylic acids is 1. The largest absolute Gasteiger partial charge is 0.480 e. The van der Waals surface area contributed by atoms with Crippen LogP contribution in [-0.2, 0) is 19.8 Å². The van der Waals surface area contributed by atoms with E-state index in [-0.39, 0.29) is 54.5 Å². The number of carbonyl (C=O) groups is 1. The molecule has 1 saturated carbocycles. The van der Waals surface area contributed by atoms with Crippen LogP contribution in [0, 0.1) is 12.3 Å². The number of imidazole rings is 1. The molecule has 214 valence electrons. The highest BCUT2D eigenvalue weighted by Crippen LogP contribution is 2.46. The Labute approximate surface area is 238 Å². The molecule has 1 aliphatic heterocycles. The Bertz CT molecular complexity index is 1720. The van der Waals surface area contributed by atoms with E-state index < -0.39 is 11.9 Å². The second-order valence-corrected chi connectivity index (χ2v) is 9.99. The van der Waals surface area contributed by atoms with E-state index in [4.69, 9.17) is 20.9 Å². The first-order valence-corrected chi connectivity index (χ1v) is 13.0. The Kier molecular flexibility index (Phi) is 6.76. The van der Waals surface area contributed by atoms with Crippen molar-refractivity contribution < 1.29 is 27.4 Å². The van der Waals surface area contributed by atoms with Gasteiger partial charge in [0.2, 0.25) is 11.7 Å². The summed E-state index contributed by atoms with van der Waals surface area (Å²) < 4.78 is 52.0. The van der Waals surface area contributed by atoms with Gasteiger partial charge in [-0.3, -0.25) is 4.79 Å². The molecule has 2 aliphatic rings. The molecule has 6 rings (SSSR count). The van der Waals surface area contributed by atoms with E-state index in [1.807, 2.05) is 0 Å². The van der Waals surface area contributed by atoms with Gasteiger partial charge in [-0.05, 0) is 18.4 Å². The molecule has 3 aromatic heterocycles. The maximum absolute atomic E-state index is 13.1. The summed E-state index contributed by atoms with van der Waals surface area (Å²) in [5.41, 5.74) is 1.75. The number of rotatable bonds is 8. The number of aromatic nitrogens is 6. The number of hydrogen-bond donors (Lipinski definition) is 0. The van der Waals surface area contributed by atoms with Crippen molar-refractivity contribution in [2.75, 3.05) is 25.2 Å². The number of anilines is 1. The van der Waals surface area contributed by atoms with Gasteiger partial charge in [-0.2, -0.15) is 13.2 Å². The minimum Gasteiger partial charge on any atom is -0.480 e. The molecular weight excluding hydrogens is 551 g/mol. The lowest BCUT2D eigenvalue weighted by Crippen LogP contribution is -2.25. The number of methoxy groups -OCH3 is 1. The van der Waals surface area contributed by atoms with E-state index in [0.29, 0.717) is 22.8 Å². The summed E-state index contributed by atoms with van der Waals surface area (Å²) in [7, 11) is 3.00. The molecule has 42 heavy (non-hydrogen) atoms. The van der Waals surface area contributed by atoms with E-state index in [0.717, 1.165) is 30.3 Å². The number of halogens is 3. The SMILES string of the molecule is C#CCN(Cc1ccc(-c2nc(C(F)(F)F)cn2C)cc1)c1nc(-c2c(OC)ncnc2C2CC2)nc2c1OCC2=O. The second kappa shape index (κ2) is 10.4. The molecule has 0 atom stereocenters. The fourth-order valence-electron chi connectivity index (χ4n) is 4.87. The topological polar surface area (TPSA) is 108 Å². The third-order valence-corrected chi connectivity index (χ3v) is 7.02. The Morgan fingerprint density at radius 3 is 2.57 bits per heavy atom. The number of ether oxygens (including phenoxy) is 2. The zero-order chi connectivity index (χ0) is 29.6. The van der Waals surface area contributed by atoms with Crippen LogP contribution in [0.1, 0.15) is 46.2 Å². The van der Waals surface area contributed by atoms with Crippen LogP contribution in [0.2, 0.25) is 0 Å². The summed E-state index contributed by atoms with van der Waals surface area (Å²) in [6.45, 7) is 0.201. The summed E-state index contributed by atoms with van der Waals surface area (Å²) in [5, 5.41) is 0. The first-order chi connectivity index (χ1) is 20.2. The molecule has 0 radical (unpaired) electrons. The van der Waals surface area contributed by atoms with Crippen LogP contribution < -0.4 is 14.4 Å². The standard InChI is InChI=1S/C29H24F3N7O3/c1-4-11-39(12-16-5-7-18(8-6-16)26-35-20(13-38(26)2)29(30,31)32)27-24-23(19(40)14-42-24)36-25(37-27)21-22(17-9-10-17)33-15-34-28(21)41-3/h1,5-8,13,15,17H,9-12,14H2,2-3H3. The van der Waals surface area contributed by atoms with Crippen molar-refractivity contribution in [1.82, 2.24) is 29.5 Å². The molecule has 0 unspecified atom stereocenters. The van der Waals surface area contributed by atoms with Crippen LogP contribution in [0.5, 0.6) is 11.6 Å². The number of Topliss-reactive ketones (excluding diaryl/α,β-unsaturated/α-hetero) is 1. The first kappa shape index (κ1) is 27.2. The molecule has 1 aromatic carbocycles.